The Hall–Kier alpha value is -3.00. The molecule has 0 aromatic heterocycles. The number of carbonyl (C=O) groups excluding carboxylic acids is 1. The third kappa shape index (κ3) is 7.15. The van der Waals surface area contributed by atoms with Gasteiger partial charge in [0, 0.05) is 11.8 Å². The molecule has 0 bridgehead atoms. The maximum absolute atomic E-state index is 12.5. The Labute approximate surface area is 172 Å². The minimum Gasteiger partial charge on any atom is -0.491 e. The van der Waals surface area contributed by atoms with Crippen LogP contribution in [0.1, 0.15) is 13.8 Å². The van der Waals surface area contributed by atoms with Gasteiger partial charge in [0.2, 0.25) is 15.9 Å². The molecule has 0 aliphatic carbocycles. The summed E-state index contributed by atoms with van der Waals surface area (Å²) in [5.41, 5.74) is 0.882. The van der Waals surface area contributed by atoms with Crippen molar-refractivity contribution in [3.05, 3.63) is 61.2 Å². The van der Waals surface area contributed by atoms with E-state index in [0.29, 0.717) is 29.5 Å². The minimum atomic E-state index is -3.67. The molecule has 2 aromatic rings. The lowest BCUT2D eigenvalue weighted by atomic mass is 10.3. The first-order valence-corrected chi connectivity index (χ1v) is 10.9. The second-order valence-electron chi connectivity index (χ2n) is 6.61. The minimum absolute atomic E-state index is 0.00358. The lowest BCUT2D eigenvalue weighted by Gasteiger charge is -2.22. The van der Waals surface area contributed by atoms with Crippen LogP contribution in [-0.4, -0.2) is 39.8 Å². The van der Waals surface area contributed by atoms with Crippen LogP contribution in [0.4, 0.5) is 11.4 Å². The smallest absolute Gasteiger partial charge is 0.245 e. The quantitative estimate of drug-likeness (QED) is 0.598. The predicted octanol–water partition coefficient (Wildman–Crippen LogP) is 3.44. The highest BCUT2D eigenvalue weighted by Gasteiger charge is 2.21. The summed E-state index contributed by atoms with van der Waals surface area (Å²) in [4.78, 5) is 12.5. The van der Waals surface area contributed by atoms with Crippen molar-refractivity contribution in [3.63, 3.8) is 0 Å². The normalized spacial score (nSPS) is 11.0. The zero-order valence-corrected chi connectivity index (χ0v) is 17.6. The number of anilines is 2. The molecule has 8 heteroatoms. The van der Waals surface area contributed by atoms with Crippen LogP contribution in [-0.2, 0) is 14.8 Å². The number of nitrogens with zero attached hydrogens (tertiary/aromatic N) is 1. The van der Waals surface area contributed by atoms with Crippen LogP contribution in [0.2, 0.25) is 0 Å². The summed E-state index contributed by atoms with van der Waals surface area (Å²) >= 11 is 0. The summed E-state index contributed by atoms with van der Waals surface area (Å²) in [6, 6.07) is 13.4. The van der Waals surface area contributed by atoms with Gasteiger partial charge in [0.05, 0.1) is 18.0 Å². The van der Waals surface area contributed by atoms with E-state index in [1.54, 1.807) is 54.6 Å². The first-order valence-electron chi connectivity index (χ1n) is 9.07. The van der Waals surface area contributed by atoms with Crippen molar-refractivity contribution in [1.82, 2.24) is 0 Å². The predicted molar refractivity (Wildman–Crippen MR) is 115 cm³/mol. The van der Waals surface area contributed by atoms with E-state index < -0.39 is 15.9 Å². The van der Waals surface area contributed by atoms with Gasteiger partial charge in [0.15, 0.2) is 0 Å². The van der Waals surface area contributed by atoms with E-state index in [-0.39, 0.29) is 12.6 Å². The van der Waals surface area contributed by atoms with Gasteiger partial charge in [0.25, 0.3) is 0 Å². The monoisotopic (exact) mass is 418 g/mol. The number of carbonyl (C=O) groups is 1. The van der Waals surface area contributed by atoms with E-state index >= 15 is 0 Å². The van der Waals surface area contributed by atoms with Gasteiger partial charge in [-0.1, -0.05) is 18.7 Å². The molecule has 2 aromatic carbocycles. The number of benzene rings is 2. The van der Waals surface area contributed by atoms with E-state index in [4.69, 9.17) is 9.47 Å². The fourth-order valence-corrected chi connectivity index (χ4v) is 3.37. The van der Waals surface area contributed by atoms with Gasteiger partial charge in [-0.05, 0) is 50.2 Å². The Morgan fingerprint density at radius 3 is 2.45 bits per heavy atom. The fraction of sp³-hybridized carbons (Fsp3) is 0.286. The number of hydrogen-bond acceptors (Lipinski definition) is 5. The van der Waals surface area contributed by atoms with Crippen LogP contribution in [0.25, 0.3) is 0 Å². The van der Waals surface area contributed by atoms with Crippen LogP contribution in [0, 0.1) is 0 Å². The van der Waals surface area contributed by atoms with Gasteiger partial charge >= 0.3 is 0 Å². The molecule has 0 fully saturated rings. The lowest BCUT2D eigenvalue weighted by molar-refractivity contribution is -0.114. The Morgan fingerprint density at radius 2 is 1.86 bits per heavy atom. The van der Waals surface area contributed by atoms with Crippen LogP contribution in [0.15, 0.2) is 61.2 Å². The molecule has 0 saturated carbocycles. The molecule has 1 N–H and O–H groups in total. The SMILES string of the molecule is C=CCOc1cccc(NC(=O)CN(c2ccc(OC(C)C)cc2)S(C)(=O)=O)c1. The van der Waals surface area contributed by atoms with Crippen molar-refractivity contribution in [1.29, 1.82) is 0 Å². The largest absolute Gasteiger partial charge is 0.491 e. The maximum atomic E-state index is 12.5. The molecule has 156 valence electrons. The second-order valence-corrected chi connectivity index (χ2v) is 8.51. The lowest BCUT2D eigenvalue weighted by Crippen LogP contribution is -2.37. The van der Waals surface area contributed by atoms with Crippen molar-refractivity contribution >= 4 is 27.3 Å². The van der Waals surface area contributed by atoms with Gasteiger partial charge in [-0.2, -0.15) is 0 Å². The summed E-state index contributed by atoms with van der Waals surface area (Å²) < 4.78 is 36.5. The number of hydrogen-bond donors (Lipinski definition) is 1. The third-order valence-electron chi connectivity index (χ3n) is 3.67. The third-order valence-corrected chi connectivity index (χ3v) is 4.81. The maximum Gasteiger partial charge on any atom is 0.245 e. The fourth-order valence-electron chi connectivity index (χ4n) is 2.51. The summed E-state index contributed by atoms with van der Waals surface area (Å²) in [5.74, 6) is 0.722. The molecular weight excluding hydrogens is 392 g/mol. The molecule has 0 unspecified atom stereocenters. The molecule has 29 heavy (non-hydrogen) atoms. The Balaban J connectivity index is 2.12. The van der Waals surface area contributed by atoms with Crippen molar-refractivity contribution in [2.45, 2.75) is 20.0 Å². The highest BCUT2D eigenvalue weighted by molar-refractivity contribution is 7.92. The van der Waals surface area contributed by atoms with Crippen LogP contribution >= 0.6 is 0 Å². The van der Waals surface area contributed by atoms with Crippen LogP contribution in [0.3, 0.4) is 0 Å². The molecule has 0 spiro atoms. The van der Waals surface area contributed by atoms with E-state index in [1.165, 1.54) is 0 Å². The molecule has 7 nitrogen and oxygen atoms in total. The number of rotatable bonds is 10. The number of nitrogens with one attached hydrogen (secondary N) is 1. The van der Waals surface area contributed by atoms with Gasteiger partial charge in [-0.3, -0.25) is 9.10 Å². The van der Waals surface area contributed by atoms with Gasteiger partial charge < -0.3 is 14.8 Å². The number of ether oxygens (including phenoxy) is 2. The first-order chi connectivity index (χ1) is 13.7. The van der Waals surface area contributed by atoms with E-state index in [1.807, 2.05) is 13.8 Å². The van der Waals surface area contributed by atoms with Gasteiger partial charge in [-0.15, -0.1) is 0 Å². The number of sulfonamides is 1. The molecule has 1 amide bonds. The second kappa shape index (κ2) is 9.97. The van der Waals surface area contributed by atoms with E-state index in [2.05, 4.69) is 11.9 Å². The van der Waals surface area contributed by atoms with Crippen LogP contribution in [0.5, 0.6) is 11.5 Å². The zero-order valence-electron chi connectivity index (χ0n) is 16.8. The Morgan fingerprint density at radius 1 is 1.17 bits per heavy atom. The summed E-state index contributed by atoms with van der Waals surface area (Å²) in [5, 5.41) is 2.69. The summed E-state index contributed by atoms with van der Waals surface area (Å²) in [6.07, 6.45) is 2.68. The first kappa shape index (κ1) is 22.3. The van der Waals surface area contributed by atoms with E-state index in [9.17, 15) is 13.2 Å². The average Bonchev–Trinajstić information content (AvgIpc) is 2.64. The van der Waals surface area contributed by atoms with Crippen LogP contribution < -0.4 is 19.1 Å². The number of amides is 1. The molecule has 0 aliphatic heterocycles. The van der Waals surface area contributed by atoms with Gasteiger partial charge in [-0.25, -0.2) is 8.42 Å². The Bertz CT molecular complexity index is 940. The van der Waals surface area contributed by atoms with Crippen molar-refractivity contribution < 1.29 is 22.7 Å². The van der Waals surface area contributed by atoms with Crippen molar-refractivity contribution in [2.75, 3.05) is 29.0 Å². The molecular formula is C21H26N2O5S. The summed E-state index contributed by atoms with van der Waals surface area (Å²) in [7, 11) is -3.67. The highest BCUT2D eigenvalue weighted by Crippen LogP contribution is 2.23. The molecule has 0 aliphatic rings. The molecule has 2 rings (SSSR count). The highest BCUT2D eigenvalue weighted by atomic mass is 32.2. The average molecular weight is 419 g/mol. The Kier molecular flexibility index (Phi) is 7.67. The molecule has 0 atom stereocenters. The molecule has 0 saturated heterocycles. The van der Waals surface area contributed by atoms with Gasteiger partial charge in [0.1, 0.15) is 24.7 Å². The summed E-state index contributed by atoms with van der Waals surface area (Å²) in [6.45, 7) is 7.37. The van der Waals surface area contributed by atoms with E-state index in [0.717, 1.165) is 10.6 Å². The van der Waals surface area contributed by atoms with Crippen molar-refractivity contribution in [2.24, 2.45) is 0 Å². The van der Waals surface area contributed by atoms with Crippen molar-refractivity contribution in [3.8, 4) is 11.5 Å². The zero-order chi connectivity index (χ0) is 21.4. The topological polar surface area (TPSA) is 84.9 Å². The molecule has 0 heterocycles. The standard InChI is InChI=1S/C21H26N2O5S/c1-5-13-27-20-8-6-7-17(14-20)22-21(24)15-23(29(4,25)26)18-9-11-19(12-10-18)28-16(2)3/h5-12,14,16H,1,13,15H2,2-4H3,(H,22,24). The molecule has 0 radical (unpaired) electrons.